The van der Waals surface area contributed by atoms with Gasteiger partial charge in [-0.25, -0.2) is 9.97 Å². The van der Waals surface area contributed by atoms with Crippen LogP contribution in [0.5, 0.6) is 0 Å². The standard InChI is InChI=1S/C13H14ClN3S/c1-2-8-15-11-6-3-7-12(17-11)18-13-10(14)5-4-9-16-13/h3-7,9H,2,8H2,1H3,(H,15,17). The lowest BCUT2D eigenvalue weighted by molar-refractivity contribution is 0.959. The van der Waals surface area contributed by atoms with Gasteiger partial charge in [-0.15, -0.1) is 0 Å². The molecule has 0 radical (unpaired) electrons. The maximum Gasteiger partial charge on any atom is 0.127 e. The molecule has 0 aliphatic carbocycles. The molecule has 0 aromatic carbocycles. The summed E-state index contributed by atoms with van der Waals surface area (Å²) in [6.07, 6.45) is 2.80. The number of halogens is 1. The summed E-state index contributed by atoms with van der Waals surface area (Å²) >= 11 is 7.54. The van der Waals surface area contributed by atoms with Gasteiger partial charge in [0.05, 0.1) is 5.02 Å². The summed E-state index contributed by atoms with van der Waals surface area (Å²) in [6, 6.07) is 9.53. The van der Waals surface area contributed by atoms with E-state index in [2.05, 4.69) is 22.2 Å². The van der Waals surface area contributed by atoms with E-state index in [0.29, 0.717) is 5.02 Å². The van der Waals surface area contributed by atoms with Crippen LogP contribution in [0.1, 0.15) is 13.3 Å². The summed E-state index contributed by atoms with van der Waals surface area (Å²) in [6.45, 7) is 3.05. The predicted molar refractivity (Wildman–Crippen MR) is 76.4 cm³/mol. The Kier molecular flexibility index (Phi) is 4.84. The van der Waals surface area contributed by atoms with Crippen LogP contribution in [-0.2, 0) is 0 Å². The maximum absolute atomic E-state index is 6.07. The third-order valence-electron chi connectivity index (χ3n) is 2.21. The molecule has 0 spiro atoms. The average molecular weight is 280 g/mol. The summed E-state index contributed by atoms with van der Waals surface area (Å²) in [4.78, 5) is 8.74. The van der Waals surface area contributed by atoms with Crippen molar-refractivity contribution in [1.29, 1.82) is 0 Å². The molecule has 2 heterocycles. The molecule has 5 heteroatoms. The lowest BCUT2D eigenvalue weighted by Crippen LogP contribution is -2.01. The smallest absolute Gasteiger partial charge is 0.127 e. The fraction of sp³-hybridized carbons (Fsp3) is 0.231. The Morgan fingerprint density at radius 1 is 1.28 bits per heavy atom. The van der Waals surface area contributed by atoms with Gasteiger partial charge in [0.15, 0.2) is 0 Å². The van der Waals surface area contributed by atoms with E-state index in [4.69, 9.17) is 11.6 Å². The molecule has 2 aromatic rings. The molecular weight excluding hydrogens is 266 g/mol. The number of rotatable bonds is 5. The van der Waals surface area contributed by atoms with Crippen LogP contribution in [0.3, 0.4) is 0 Å². The summed E-state index contributed by atoms with van der Waals surface area (Å²) in [5.41, 5.74) is 0. The number of pyridine rings is 2. The van der Waals surface area contributed by atoms with E-state index in [-0.39, 0.29) is 0 Å². The Hall–Kier alpha value is -1.26. The molecule has 0 bridgehead atoms. The van der Waals surface area contributed by atoms with Crippen LogP contribution in [0.25, 0.3) is 0 Å². The average Bonchev–Trinajstić information content (AvgIpc) is 2.40. The van der Waals surface area contributed by atoms with E-state index in [9.17, 15) is 0 Å². The van der Waals surface area contributed by atoms with Gasteiger partial charge in [0.1, 0.15) is 15.9 Å². The molecule has 2 aromatic heterocycles. The van der Waals surface area contributed by atoms with Crippen molar-refractivity contribution < 1.29 is 0 Å². The highest BCUT2D eigenvalue weighted by atomic mass is 35.5. The second-order valence-corrected chi connectivity index (χ2v) is 5.10. The fourth-order valence-corrected chi connectivity index (χ4v) is 2.37. The zero-order chi connectivity index (χ0) is 12.8. The largest absolute Gasteiger partial charge is 0.370 e. The molecule has 0 fully saturated rings. The van der Waals surface area contributed by atoms with Gasteiger partial charge in [-0.05, 0) is 42.4 Å². The zero-order valence-corrected chi connectivity index (χ0v) is 11.6. The van der Waals surface area contributed by atoms with Crippen molar-refractivity contribution in [2.24, 2.45) is 0 Å². The second kappa shape index (κ2) is 6.61. The minimum atomic E-state index is 0.649. The van der Waals surface area contributed by atoms with Crippen LogP contribution in [0.4, 0.5) is 5.82 Å². The highest BCUT2D eigenvalue weighted by Gasteiger charge is 2.05. The number of nitrogens with one attached hydrogen (secondary N) is 1. The first-order valence-electron chi connectivity index (χ1n) is 5.79. The topological polar surface area (TPSA) is 37.8 Å². The van der Waals surface area contributed by atoms with Crippen LogP contribution in [-0.4, -0.2) is 16.5 Å². The van der Waals surface area contributed by atoms with E-state index in [1.807, 2.05) is 30.3 Å². The van der Waals surface area contributed by atoms with E-state index in [1.54, 1.807) is 6.20 Å². The molecule has 1 N–H and O–H groups in total. The first kappa shape index (κ1) is 13.2. The van der Waals surface area contributed by atoms with Gasteiger partial charge < -0.3 is 5.32 Å². The predicted octanol–water partition coefficient (Wildman–Crippen LogP) is 4.10. The number of hydrogen-bond acceptors (Lipinski definition) is 4. The molecule has 0 atom stereocenters. The van der Waals surface area contributed by atoms with Crippen molar-refractivity contribution in [3.05, 3.63) is 41.6 Å². The molecule has 0 amide bonds. The van der Waals surface area contributed by atoms with Gasteiger partial charge >= 0.3 is 0 Å². The van der Waals surface area contributed by atoms with E-state index >= 15 is 0 Å². The van der Waals surface area contributed by atoms with Gasteiger partial charge in [-0.1, -0.05) is 24.6 Å². The molecule has 2 rings (SSSR count). The minimum Gasteiger partial charge on any atom is -0.370 e. The first-order chi connectivity index (χ1) is 8.79. The van der Waals surface area contributed by atoms with Gasteiger partial charge in [0.25, 0.3) is 0 Å². The number of aromatic nitrogens is 2. The van der Waals surface area contributed by atoms with Gasteiger partial charge in [0, 0.05) is 12.7 Å². The lowest BCUT2D eigenvalue weighted by atomic mass is 10.4. The van der Waals surface area contributed by atoms with E-state index in [1.165, 1.54) is 11.8 Å². The minimum absolute atomic E-state index is 0.649. The molecule has 0 unspecified atom stereocenters. The lowest BCUT2D eigenvalue weighted by Gasteiger charge is -2.06. The Morgan fingerprint density at radius 2 is 2.17 bits per heavy atom. The Bertz CT molecular complexity index is 519. The second-order valence-electron chi connectivity index (χ2n) is 3.68. The van der Waals surface area contributed by atoms with Crippen molar-refractivity contribution in [2.75, 3.05) is 11.9 Å². The van der Waals surface area contributed by atoms with Crippen LogP contribution >= 0.6 is 23.4 Å². The summed E-state index contributed by atoms with van der Waals surface area (Å²) in [7, 11) is 0. The molecule has 0 saturated carbocycles. The molecule has 3 nitrogen and oxygen atoms in total. The Balaban J connectivity index is 2.12. The number of nitrogens with zero attached hydrogens (tertiary/aromatic N) is 2. The van der Waals surface area contributed by atoms with Gasteiger partial charge in [-0.2, -0.15) is 0 Å². The van der Waals surface area contributed by atoms with E-state index in [0.717, 1.165) is 28.8 Å². The van der Waals surface area contributed by atoms with Crippen molar-refractivity contribution in [1.82, 2.24) is 9.97 Å². The van der Waals surface area contributed by atoms with Crippen molar-refractivity contribution in [2.45, 2.75) is 23.4 Å². The van der Waals surface area contributed by atoms with E-state index < -0.39 is 0 Å². The summed E-state index contributed by atoms with van der Waals surface area (Å²) in [5.74, 6) is 0.883. The van der Waals surface area contributed by atoms with Crippen molar-refractivity contribution >= 4 is 29.2 Å². The highest BCUT2D eigenvalue weighted by Crippen LogP contribution is 2.30. The SMILES string of the molecule is CCCNc1cccc(Sc2ncccc2Cl)n1. The number of hydrogen-bond donors (Lipinski definition) is 1. The monoisotopic (exact) mass is 279 g/mol. The molecular formula is C13H14ClN3S. The van der Waals surface area contributed by atoms with Crippen LogP contribution in [0, 0.1) is 0 Å². The normalized spacial score (nSPS) is 10.3. The molecule has 94 valence electrons. The van der Waals surface area contributed by atoms with Crippen molar-refractivity contribution in [3.63, 3.8) is 0 Å². The van der Waals surface area contributed by atoms with Gasteiger partial charge in [0.2, 0.25) is 0 Å². The quantitative estimate of drug-likeness (QED) is 0.894. The number of anilines is 1. The molecule has 0 aliphatic rings. The first-order valence-corrected chi connectivity index (χ1v) is 6.98. The fourth-order valence-electron chi connectivity index (χ4n) is 1.37. The Labute approximate surface area is 116 Å². The molecule has 0 aliphatic heterocycles. The zero-order valence-electron chi connectivity index (χ0n) is 10.1. The molecule has 18 heavy (non-hydrogen) atoms. The summed E-state index contributed by atoms with van der Waals surface area (Å²) < 4.78 is 0. The highest BCUT2D eigenvalue weighted by molar-refractivity contribution is 7.99. The Morgan fingerprint density at radius 3 is 2.94 bits per heavy atom. The van der Waals surface area contributed by atoms with Crippen molar-refractivity contribution in [3.8, 4) is 0 Å². The maximum atomic E-state index is 6.07. The molecule has 0 saturated heterocycles. The van der Waals surface area contributed by atoms with Crippen LogP contribution in [0.15, 0.2) is 46.6 Å². The third kappa shape index (κ3) is 3.62. The van der Waals surface area contributed by atoms with Gasteiger partial charge in [-0.3, -0.25) is 0 Å². The van der Waals surface area contributed by atoms with Crippen LogP contribution < -0.4 is 5.32 Å². The van der Waals surface area contributed by atoms with Crippen LogP contribution in [0.2, 0.25) is 5.02 Å². The third-order valence-corrected chi connectivity index (χ3v) is 3.58. The summed E-state index contributed by atoms with van der Waals surface area (Å²) in [5, 5.41) is 5.57.